The van der Waals surface area contributed by atoms with E-state index in [1.54, 1.807) is 12.5 Å². The monoisotopic (exact) mass is 205 g/mol. The van der Waals surface area contributed by atoms with Crippen molar-refractivity contribution in [2.45, 2.75) is 19.7 Å². The van der Waals surface area contributed by atoms with Crippen molar-refractivity contribution < 1.29 is 8.84 Å². The van der Waals surface area contributed by atoms with Crippen molar-refractivity contribution in [3.05, 3.63) is 36.3 Å². The van der Waals surface area contributed by atoms with Crippen LogP contribution in [0.2, 0.25) is 13.1 Å². The first-order valence-corrected chi connectivity index (χ1v) is 7.04. The molecule has 0 bridgehead atoms. The molecule has 0 fully saturated rings. The fraction of sp³-hybridized carbons (Fsp3) is 0.273. The number of hydrogen-bond acceptors (Lipinski definition) is 2. The number of rotatable bonds is 3. The van der Waals surface area contributed by atoms with E-state index in [0.717, 1.165) is 10.8 Å². The van der Waals surface area contributed by atoms with Gasteiger partial charge in [0.25, 0.3) is 0 Å². The molecule has 2 rings (SSSR count). The Morgan fingerprint density at radius 2 is 2.00 bits per heavy atom. The van der Waals surface area contributed by atoms with E-state index in [1.165, 1.54) is 5.56 Å². The maximum atomic E-state index is 5.62. The molecule has 0 aliphatic carbocycles. The minimum atomic E-state index is -0.595. The summed E-state index contributed by atoms with van der Waals surface area (Å²) in [4.78, 5) is 0. The van der Waals surface area contributed by atoms with Crippen LogP contribution in [-0.4, -0.2) is 9.04 Å². The molecule has 0 amide bonds. The van der Waals surface area contributed by atoms with E-state index >= 15 is 0 Å². The highest BCUT2D eigenvalue weighted by Crippen LogP contribution is 2.17. The second-order valence-corrected chi connectivity index (χ2v) is 5.64. The third kappa shape index (κ3) is 2.05. The molecule has 1 heterocycles. The largest absolute Gasteiger partial charge is 0.471 e. The Morgan fingerprint density at radius 3 is 2.79 bits per heavy atom. The molecule has 3 heteroatoms. The first kappa shape index (κ1) is 9.49. The number of furan rings is 1. The summed E-state index contributed by atoms with van der Waals surface area (Å²) < 4.78 is 10.7. The van der Waals surface area contributed by atoms with Crippen LogP contribution in [0.15, 0.2) is 35.1 Å². The highest BCUT2D eigenvalue weighted by atomic mass is 28.3. The zero-order chi connectivity index (χ0) is 9.97. The zero-order valence-electron chi connectivity index (χ0n) is 8.41. The molecule has 0 N–H and O–H groups in total. The summed E-state index contributed by atoms with van der Waals surface area (Å²) >= 11 is 0. The summed E-state index contributed by atoms with van der Waals surface area (Å²) in [7, 11) is -0.595. The normalized spacial score (nSPS) is 11.4. The Kier molecular flexibility index (Phi) is 2.70. The second kappa shape index (κ2) is 3.98. The lowest BCUT2D eigenvalue weighted by molar-refractivity contribution is 0.315. The van der Waals surface area contributed by atoms with Crippen molar-refractivity contribution in [3.63, 3.8) is 0 Å². The number of benzene rings is 1. The molecule has 0 aliphatic rings. The van der Waals surface area contributed by atoms with E-state index in [-0.39, 0.29) is 0 Å². The van der Waals surface area contributed by atoms with Crippen LogP contribution >= 0.6 is 0 Å². The van der Waals surface area contributed by atoms with E-state index < -0.39 is 9.04 Å². The third-order valence-electron chi connectivity index (χ3n) is 2.07. The van der Waals surface area contributed by atoms with Crippen molar-refractivity contribution in [2.75, 3.05) is 0 Å². The van der Waals surface area contributed by atoms with Gasteiger partial charge in [0.1, 0.15) is 0 Å². The van der Waals surface area contributed by atoms with Gasteiger partial charge in [0.05, 0.1) is 19.1 Å². The molecule has 1 aromatic carbocycles. The Hall–Kier alpha value is -1.06. The van der Waals surface area contributed by atoms with Crippen LogP contribution in [0.3, 0.4) is 0 Å². The molecular formula is C11H13O2Si. The summed E-state index contributed by atoms with van der Waals surface area (Å²) in [5.74, 6) is 0. The van der Waals surface area contributed by atoms with Crippen LogP contribution in [0.4, 0.5) is 0 Å². The Bertz CT molecular complexity index is 420. The van der Waals surface area contributed by atoms with E-state index in [9.17, 15) is 0 Å². The van der Waals surface area contributed by atoms with Gasteiger partial charge in [-0.15, -0.1) is 0 Å². The van der Waals surface area contributed by atoms with Crippen LogP contribution in [0.5, 0.6) is 0 Å². The van der Waals surface area contributed by atoms with E-state index in [1.807, 2.05) is 0 Å². The smallest absolute Gasteiger partial charge is 0.205 e. The van der Waals surface area contributed by atoms with Gasteiger partial charge in [-0.05, 0) is 24.7 Å². The molecule has 73 valence electrons. The lowest BCUT2D eigenvalue weighted by Crippen LogP contribution is -2.06. The number of hydrogen-bond donors (Lipinski definition) is 0. The SMILES string of the molecule is C[Si](C)OCc1ccc2cocc2c1. The summed E-state index contributed by atoms with van der Waals surface area (Å²) in [6.07, 6.45) is 3.53. The van der Waals surface area contributed by atoms with Gasteiger partial charge in [-0.25, -0.2) is 0 Å². The Balaban J connectivity index is 2.17. The molecule has 2 aromatic rings. The maximum absolute atomic E-state index is 5.62. The summed E-state index contributed by atoms with van der Waals surface area (Å²) in [6.45, 7) is 4.99. The van der Waals surface area contributed by atoms with Crippen LogP contribution in [0.1, 0.15) is 5.56 Å². The molecule has 0 atom stereocenters. The van der Waals surface area contributed by atoms with Gasteiger partial charge >= 0.3 is 0 Å². The van der Waals surface area contributed by atoms with Crippen molar-refractivity contribution >= 4 is 19.8 Å². The Morgan fingerprint density at radius 1 is 1.21 bits per heavy atom. The van der Waals surface area contributed by atoms with Gasteiger partial charge in [-0.2, -0.15) is 0 Å². The molecule has 0 saturated heterocycles. The average molecular weight is 205 g/mol. The standard InChI is InChI=1S/C11H13O2Si/c1-14(2)13-6-9-3-4-10-7-12-8-11(10)5-9/h3-5,7-8H,6H2,1-2H3. The molecular weight excluding hydrogens is 192 g/mol. The van der Waals surface area contributed by atoms with Crippen molar-refractivity contribution in [1.82, 2.24) is 0 Å². The van der Waals surface area contributed by atoms with Crippen molar-refractivity contribution in [2.24, 2.45) is 0 Å². The number of fused-ring (bicyclic) bond motifs is 1. The fourth-order valence-electron chi connectivity index (χ4n) is 1.33. The van der Waals surface area contributed by atoms with Crippen molar-refractivity contribution in [1.29, 1.82) is 0 Å². The van der Waals surface area contributed by atoms with E-state index in [0.29, 0.717) is 6.61 Å². The lowest BCUT2D eigenvalue weighted by atomic mass is 10.1. The molecule has 1 radical (unpaired) electrons. The second-order valence-electron chi connectivity index (χ2n) is 3.53. The van der Waals surface area contributed by atoms with Crippen LogP contribution in [0.25, 0.3) is 10.8 Å². The topological polar surface area (TPSA) is 22.4 Å². The molecule has 0 aliphatic heterocycles. The van der Waals surface area contributed by atoms with Gasteiger partial charge in [-0.3, -0.25) is 0 Å². The fourth-order valence-corrected chi connectivity index (χ4v) is 1.79. The highest BCUT2D eigenvalue weighted by Gasteiger charge is 2.00. The lowest BCUT2D eigenvalue weighted by Gasteiger charge is -2.05. The van der Waals surface area contributed by atoms with Crippen LogP contribution in [-0.2, 0) is 11.0 Å². The minimum Gasteiger partial charge on any atom is -0.471 e. The minimum absolute atomic E-state index is 0.595. The van der Waals surface area contributed by atoms with E-state index in [2.05, 4.69) is 31.3 Å². The van der Waals surface area contributed by atoms with E-state index in [4.69, 9.17) is 8.84 Å². The molecule has 2 nitrogen and oxygen atoms in total. The van der Waals surface area contributed by atoms with Gasteiger partial charge in [0.15, 0.2) is 0 Å². The predicted octanol–water partition coefficient (Wildman–Crippen LogP) is 3.20. The molecule has 1 aromatic heterocycles. The van der Waals surface area contributed by atoms with Gasteiger partial charge in [0.2, 0.25) is 9.04 Å². The average Bonchev–Trinajstić information content (AvgIpc) is 2.61. The first-order chi connectivity index (χ1) is 6.75. The molecule has 0 spiro atoms. The highest BCUT2D eigenvalue weighted by molar-refractivity contribution is 6.48. The van der Waals surface area contributed by atoms with Gasteiger partial charge in [0, 0.05) is 10.8 Å². The van der Waals surface area contributed by atoms with Gasteiger partial charge < -0.3 is 8.84 Å². The summed E-state index contributed by atoms with van der Waals surface area (Å²) in [6, 6.07) is 6.27. The van der Waals surface area contributed by atoms with Gasteiger partial charge in [-0.1, -0.05) is 12.1 Å². The predicted molar refractivity (Wildman–Crippen MR) is 58.5 cm³/mol. The zero-order valence-corrected chi connectivity index (χ0v) is 9.41. The van der Waals surface area contributed by atoms with Crippen molar-refractivity contribution in [3.8, 4) is 0 Å². The molecule has 0 unspecified atom stereocenters. The van der Waals surface area contributed by atoms with Crippen LogP contribution in [0, 0.1) is 0 Å². The quantitative estimate of drug-likeness (QED) is 0.718. The third-order valence-corrected chi connectivity index (χ3v) is 2.79. The maximum Gasteiger partial charge on any atom is 0.205 e. The summed E-state index contributed by atoms with van der Waals surface area (Å²) in [5.41, 5.74) is 1.21. The molecule has 14 heavy (non-hydrogen) atoms. The first-order valence-electron chi connectivity index (χ1n) is 4.63. The Labute approximate surface area is 85.2 Å². The van der Waals surface area contributed by atoms with Crippen LogP contribution < -0.4 is 0 Å². The molecule has 0 saturated carbocycles. The summed E-state index contributed by atoms with van der Waals surface area (Å²) in [5, 5.41) is 2.29.